The Morgan fingerprint density at radius 2 is 1.83 bits per heavy atom. The largest absolute Gasteiger partial charge is 0.310 e. The summed E-state index contributed by atoms with van der Waals surface area (Å²) in [6.07, 6.45) is 2.29. The molecule has 6 heteroatoms. The Hall–Kier alpha value is -0.880. The van der Waals surface area contributed by atoms with Gasteiger partial charge < -0.3 is 5.32 Å². The average Bonchev–Trinajstić information content (AvgIpc) is 2.29. The van der Waals surface area contributed by atoms with E-state index in [4.69, 9.17) is 0 Å². The van der Waals surface area contributed by atoms with E-state index >= 15 is 0 Å². The summed E-state index contributed by atoms with van der Waals surface area (Å²) in [5, 5.41) is 2.98. The van der Waals surface area contributed by atoms with Crippen LogP contribution >= 0.6 is 0 Å². The van der Waals surface area contributed by atoms with Gasteiger partial charge in [0.15, 0.2) is 11.6 Å². The van der Waals surface area contributed by atoms with E-state index in [1.54, 1.807) is 6.26 Å². The van der Waals surface area contributed by atoms with Crippen LogP contribution < -0.4 is 5.32 Å². The lowest BCUT2D eigenvalue weighted by Crippen LogP contribution is -2.27. The minimum absolute atomic E-state index is 0.0291. The number of hydrogen-bond acceptors (Lipinski definition) is 2. The quantitative estimate of drug-likeness (QED) is 0.810. The predicted molar refractivity (Wildman–Crippen MR) is 66.2 cm³/mol. The number of hydrogen-bond donors (Lipinski definition) is 1. The van der Waals surface area contributed by atoms with Crippen LogP contribution in [0.15, 0.2) is 12.1 Å². The Bertz CT molecular complexity index is 440. The number of halogens is 3. The zero-order valence-electron chi connectivity index (χ0n) is 10.3. The average molecular weight is 279 g/mol. The van der Waals surface area contributed by atoms with Gasteiger partial charge in [-0.05, 0) is 19.4 Å². The van der Waals surface area contributed by atoms with Gasteiger partial charge >= 0.3 is 0 Å². The van der Waals surface area contributed by atoms with Crippen molar-refractivity contribution >= 4 is 10.8 Å². The molecule has 2 nitrogen and oxygen atoms in total. The molecule has 2 unspecified atom stereocenters. The van der Waals surface area contributed by atoms with Crippen molar-refractivity contribution in [2.75, 3.05) is 12.0 Å². The molecule has 2 atom stereocenters. The first kappa shape index (κ1) is 15.2. The highest BCUT2D eigenvalue weighted by Crippen LogP contribution is 2.13. The molecule has 1 aromatic rings. The van der Waals surface area contributed by atoms with Crippen molar-refractivity contribution in [2.24, 2.45) is 0 Å². The van der Waals surface area contributed by atoms with Crippen molar-refractivity contribution in [3.63, 3.8) is 0 Å². The van der Waals surface area contributed by atoms with Crippen LogP contribution in [0.2, 0.25) is 0 Å². The second-order valence-electron chi connectivity index (χ2n) is 4.21. The maximum atomic E-state index is 13.3. The van der Waals surface area contributed by atoms with Gasteiger partial charge in [0, 0.05) is 47.0 Å². The van der Waals surface area contributed by atoms with Gasteiger partial charge in [-0.2, -0.15) is 0 Å². The van der Waals surface area contributed by atoms with Gasteiger partial charge in [0.25, 0.3) is 0 Å². The van der Waals surface area contributed by atoms with E-state index in [1.807, 2.05) is 6.92 Å². The van der Waals surface area contributed by atoms with E-state index in [2.05, 4.69) is 5.32 Å². The van der Waals surface area contributed by atoms with Gasteiger partial charge in [0.1, 0.15) is 5.82 Å². The van der Waals surface area contributed by atoms with Crippen LogP contribution in [0.3, 0.4) is 0 Å². The zero-order chi connectivity index (χ0) is 13.7. The Morgan fingerprint density at radius 1 is 1.22 bits per heavy atom. The Morgan fingerprint density at radius 3 is 2.44 bits per heavy atom. The molecule has 0 aliphatic carbocycles. The SMILES string of the molecule is CC(CCS(C)=O)NCc1cc(F)c(F)cc1F. The fourth-order valence-electron chi connectivity index (χ4n) is 1.43. The number of nitrogens with one attached hydrogen (secondary N) is 1. The molecule has 0 fully saturated rings. The highest BCUT2D eigenvalue weighted by Gasteiger charge is 2.10. The van der Waals surface area contributed by atoms with Crippen molar-refractivity contribution in [3.8, 4) is 0 Å². The molecule has 0 heterocycles. The Balaban J connectivity index is 2.53. The number of rotatable bonds is 6. The second-order valence-corrected chi connectivity index (χ2v) is 5.76. The van der Waals surface area contributed by atoms with Gasteiger partial charge in [0.2, 0.25) is 0 Å². The lowest BCUT2D eigenvalue weighted by atomic mass is 10.1. The molecule has 18 heavy (non-hydrogen) atoms. The highest BCUT2D eigenvalue weighted by atomic mass is 32.2. The smallest absolute Gasteiger partial charge is 0.161 e. The predicted octanol–water partition coefficient (Wildman–Crippen LogP) is 2.35. The van der Waals surface area contributed by atoms with Crippen LogP contribution in [-0.2, 0) is 17.3 Å². The van der Waals surface area contributed by atoms with Crippen LogP contribution in [0.1, 0.15) is 18.9 Å². The Labute approximate surface area is 107 Å². The van der Waals surface area contributed by atoms with Gasteiger partial charge in [-0.3, -0.25) is 4.21 Å². The Kier molecular flexibility index (Phi) is 5.81. The molecule has 0 saturated heterocycles. The summed E-state index contributed by atoms with van der Waals surface area (Å²) in [5.74, 6) is -2.47. The molecule has 1 rings (SSSR count). The van der Waals surface area contributed by atoms with Gasteiger partial charge in [-0.25, -0.2) is 13.2 Å². The third kappa shape index (κ3) is 4.78. The van der Waals surface area contributed by atoms with Crippen LogP contribution in [0.4, 0.5) is 13.2 Å². The van der Waals surface area contributed by atoms with Crippen molar-refractivity contribution in [1.82, 2.24) is 5.32 Å². The third-order valence-corrected chi connectivity index (χ3v) is 3.38. The third-order valence-electron chi connectivity index (χ3n) is 2.57. The van der Waals surface area contributed by atoms with Crippen LogP contribution in [0.5, 0.6) is 0 Å². The lowest BCUT2D eigenvalue weighted by molar-refractivity contribution is 0.478. The summed E-state index contributed by atoms with van der Waals surface area (Å²) in [6, 6.07) is 1.42. The van der Waals surface area contributed by atoms with Crippen LogP contribution in [-0.4, -0.2) is 22.3 Å². The van der Waals surface area contributed by atoms with Crippen molar-refractivity contribution in [2.45, 2.75) is 25.9 Å². The molecular weight excluding hydrogens is 263 g/mol. The van der Waals surface area contributed by atoms with E-state index in [9.17, 15) is 17.4 Å². The summed E-state index contributed by atoms with van der Waals surface area (Å²) in [4.78, 5) is 0. The molecule has 0 aliphatic heterocycles. The molecule has 1 N–H and O–H groups in total. The van der Waals surface area contributed by atoms with Crippen molar-refractivity contribution in [1.29, 1.82) is 0 Å². The minimum atomic E-state index is -1.19. The topological polar surface area (TPSA) is 29.1 Å². The summed E-state index contributed by atoms with van der Waals surface area (Å²) < 4.78 is 49.8. The molecule has 0 radical (unpaired) electrons. The van der Waals surface area contributed by atoms with E-state index < -0.39 is 28.3 Å². The first-order chi connectivity index (χ1) is 8.40. The molecule has 0 amide bonds. The molecule has 0 aromatic heterocycles. The number of benzene rings is 1. The maximum Gasteiger partial charge on any atom is 0.161 e. The van der Waals surface area contributed by atoms with E-state index in [0.717, 1.165) is 6.07 Å². The van der Waals surface area contributed by atoms with E-state index in [0.29, 0.717) is 18.2 Å². The molecule has 1 aromatic carbocycles. The second kappa shape index (κ2) is 6.89. The fourth-order valence-corrected chi connectivity index (χ4v) is 2.11. The molecule has 102 valence electrons. The fraction of sp³-hybridized carbons (Fsp3) is 0.500. The van der Waals surface area contributed by atoms with Gasteiger partial charge in [0.05, 0.1) is 0 Å². The maximum absolute atomic E-state index is 13.3. The van der Waals surface area contributed by atoms with Gasteiger partial charge in [-0.15, -0.1) is 0 Å². The summed E-state index contributed by atoms with van der Waals surface area (Å²) >= 11 is 0. The first-order valence-corrected chi connectivity index (χ1v) is 7.29. The first-order valence-electron chi connectivity index (χ1n) is 5.57. The highest BCUT2D eigenvalue weighted by molar-refractivity contribution is 7.84. The van der Waals surface area contributed by atoms with Crippen molar-refractivity contribution < 1.29 is 17.4 Å². The minimum Gasteiger partial charge on any atom is -0.310 e. The molecule has 0 spiro atoms. The summed E-state index contributed by atoms with van der Waals surface area (Å²) in [6.45, 7) is 1.98. The summed E-state index contributed by atoms with van der Waals surface area (Å²) in [7, 11) is -0.869. The molecule has 0 aliphatic rings. The van der Waals surface area contributed by atoms with E-state index in [1.165, 1.54) is 0 Å². The lowest BCUT2D eigenvalue weighted by Gasteiger charge is -2.13. The standard InChI is InChI=1S/C12H16F3NOS/c1-8(3-4-18(2)17)16-7-9-5-11(14)12(15)6-10(9)13/h5-6,8,16H,3-4,7H2,1-2H3. The zero-order valence-corrected chi connectivity index (χ0v) is 11.1. The molecular formula is C12H16F3NOS. The van der Waals surface area contributed by atoms with Crippen LogP contribution in [0, 0.1) is 17.5 Å². The normalized spacial score (nSPS) is 14.5. The van der Waals surface area contributed by atoms with Crippen LogP contribution in [0.25, 0.3) is 0 Å². The van der Waals surface area contributed by atoms with E-state index in [-0.39, 0.29) is 18.2 Å². The molecule has 0 saturated carbocycles. The monoisotopic (exact) mass is 279 g/mol. The van der Waals surface area contributed by atoms with Gasteiger partial charge in [-0.1, -0.05) is 0 Å². The van der Waals surface area contributed by atoms with Crippen molar-refractivity contribution in [3.05, 3.63) is 35.1 Å². The summed E-state index contributed by atoms with van der Waals surface area (Å²) in [5.41, 5.74) is 0.0818. The molecule has 0 bridgehead atoms.